The van der Waals surface area contributed by atoms with Crippen molar-refractivity contribution in [1.29, 1.82) is 0 Å². The van der Waals surface area contributed by atoms with Gasteiger partial charge < -0.3 is 11.1 Å². The van der Waals surface area contributed by atoms with Crippen LogP contribution >= 0.6 is 0 Å². The van der Waals surface area contributed by atoms with Crippen molar-refractivity contribution >= 4 is 11.5 Å². The third-order valence-electron chi connectivity index (χ3n) is 3.17. The SMILES string of the molecule is C=CCn1c(N)c(NCCCCC)c(=O)n(CC=C)c1=O. The van der Waals surface area contributed by atoms with Crippen LogP contribution in [0.2, 0.25) is 0 Å². The van der Waals surface area contributed by atoms with Crippen molar-refractivity contribution < 1.29 is 0 Å². The van der Waals surface area contributed by atoms with E-state index in [-0.39, 0.29) is 24.6 Å². The minimum absolute atomic E-state index is 0.152. The average Bonchev–Trinajstić information content (AvgIpc) is 2.47. The Hall–Kier alpha value is -2.24. The number of nitrogen functional groups attached to an aromatic ring is 1. The molecule has 0 fully saturated rings. The average molecular weight is 292 g/mol. The highest BCUT2D eigenvalue weighted by atomic mass is 16.2. The Labute approximate surface area is 124 Å². The lowest BCUT2D eigenvalue weighted by atomic mass is 10.2. The monoisotopic (exact) mass is 292 g/mol. The van der Waals surface area contributed by atoms with Gasteiger partial charge in [-0.15, -0.1) is 13.2 Å². The quantitative estimate of drug-likeness (QED) is 0.534. The Bertz CT molecular complexity index is 613. The molecule has 1 rings (SSSR count). The number of hydrogen-bond donors (Lipinski definition) is 2. The zero-order valence-corrected chi connectivity index (χ0v) is 12.6. The van der Waals surface area contributed by atoms with E-state index in [0.717, 1.165) is 23.8 Å². The number of allylic oxidation sites excluding steroid dienone is 2. The molecule has 1 aromatic rings. The fourth-order valence-corrected chi connectivity index (χ4v) is 2.07. The molecule has 0 aromatic carbocycles. The summed E-state index contributed by atoms with van der Waals surface area (Å²) in [6.07, 6.45) is 6.19. The molecule has 21 heavy (non-hydrogen) atoms. The molecule has 0 spiro atoms. The number of nitrogens with one attached hydrogen (secondary N) is 1. The van der Waals surface area contributed by atoms with Crippen LogP contribution in [0.25, 0.3) is 0 Å². The van der Waals surface area contributed by atoms with Gasteiger partial charge in [-0.1, -0.05) is 31.9 Å². The molecule has 0 unspecified atom stereocenters. The van der Waals surface area contributed by atoms with Crippen LogP contribution in [0.1, 0.15) is 26.2 Å². The number of unbranched alkanes of at least 4 members (excludes halogenated alkanes) is 2. The van der Waals surface area contributed by atoms with Gasteiger partial charge in [-0.05, 0) is 6.42 Å². The predicted octanol–water partition coefficient (Wildman–Crippen LogP) is 1.57. The Morgan fingerprint density at radius 3 is 2.33 bits per heavy atom. The van der Waals surface area contributed by atoms with Crippen molar-refractivity contribution in [3.63, 3.8) is 0 Å². The van der Waals surface area contributed by atoms with Crippen molar-refractivity contribution in [3.8, 4) is 0 Å². The lowest BCUT2D eigenvalue weighted by Crippen LogP contribution is -2.42. The first kappa shape index (κ1) is 16.8. The highest BCUT2D eigenvalue weighted by Crippen LogP contribution is 2.11. The van der Waals surface area contributed by atoms with E-state index in [2.05, 4.69) is 25.4 Å². The molecule has 1 aromatic heterocycles. The Morgan fingerprint density at radius 2 is 1.76 bits per heavy atom. The molecule has 0 amide bonds. The Balaban J connectivity index is 3.27. The van der Waals surface area contributed by atoms with E-state index in [0.29, 0.717) is 6.54 Å². The van der Waals surface area contributed by atoms with Gasteiger partial charge in [0, 0.05) is 19.6 Å². The van der Waals surface area contributed by atoms with Gasteiger partial charge in [0.15, 0.2) is 0 Å². The zero-order valence-electron chi connectivity index (χ0n) is 12.6. The van der Waals surface area contributed by atoms with E-state index in [1.165, 1.54) is 10.6 Å². The number of anilines is 2. The maximum atomic E-state index is 12.4. The van der Waals surface area contributed by atoms with Gasteiger partial charge in [-0.2, -0.15) is 0 Å². The standard InChI is InChI=1S/C15H24N4O2/c1-4-7-8-9-17-12-13(16)18(10-5-2)15(21)19(11-6-3)14(12)20/h5-6,17H,2-4,7-11,16H2,1H3. The molecule has 0 radical (unpaired) electrons. The van der Waals surface area contributed by atoms with Gasteiger partial charge in [-0.3, -0.25) is 13.9 Å². The fraction of sp³-hybridized carbons (Fsp3) is 0.467. The summed E-state index contributed by atoms with van der Waals surface area (Å²) in [5.41, 5.74) is 5.38. The molecule has 3 N–H and O–H groups in total. The maximum Gasteiger partial charge on any atom is 0.333 e. The van der Waals surface area contributed by atoms with Crippen LogP contribution in [0.4, 0.5) is 11.5 Å². The second-order valence-corrected chi connectivity index (χ2v) is 4.78. The van der Waals surface area contributed by atoms with Crippen molar-refractivity contribution in [2.45, 2.75) is 39.3 Å². The molecule has 116 valence electrons. The summed E-state index contributed by atoms with van der Waals surface area (Å²) in [6.45, 7) is 10.3. The molecular weight excluding hydrogens is 268 g/mol. The van der Waals surface area contributed by atoms with E-state index in [1.807, 2.05) is 0 Å². The van der Waals surface area contributed by atoms with Gasteiger partial charge in [0.2, 0.25) is 0 Å². The van der Waals surface area contributed by atoms with E-state index in [1.54, 1.807) is 6.08 Å². The van der Waals surface area contributed by atoms with Gasteiger partial charge in [0.05, 0.1) is 0 Å². The molecule has 0 aliphatic heterocycles. The largest absolute Gasteiger partial charge is 0.383 e. The Kier molecular flexibility index (Phi) is 6.52. The van der Waals surface area contributed by atoms with E-state index in [4.69, 9.17) is 5.73 Å². The predicted molar refractivity (Wildman–Crippen MR) is 87.8 cm³/mol. The summed E-state index contributed by atoms with van der Waals surface area (Å²) in [7, 11) is 0. The summed E-state index contributed by atoms with van der Waals surface area (Å²) < 4.78 is 2.45. The van der Waals surface area contributed by atoms with E-state index in [9.17, 15) is 9.59 Å². The first-order chi connectivity index (χ1) is 10.1. The maximum absolute atomic E-state index is 12.4. The molecule has 0 aliphatic carbocycles. The van der Waals surface area contributed by atoms with Crippen molar-refractivity contribution in [2.24, 2.45) is 0 Å². The number of nitrogens with zero attached hydrogens (tertiary/aromatic N) is 2. The number of aromatic nitrogens is 2. The smallest absolute Gasteiger partial charge is 0.333 e. The van der Waals surface area contributed by atoms with Crippen LogP contribution < -0.4 is 22.3 Å². The second-order valence-electron chi connectivity index (χ2n) is 4.78. The highest BCUT2D eigenvalue weighted by molar-refractivity contribution is 5.60. The van der Waals surface area contributed by atoms with Crippen LogP contribution in [0.3, 0.4) is 0 Å². The summed E-state index contributed by atoms with van der Waals surface area (Å²) >= 11 is 0. The van der Waals surface area contributed by atoms with Crippen LogP contribution in [-0.4, -0.2) is 15.7 Å². The summed E-state index contributed by atoms with van der Waals surface area (Å²) in [5, 5.41) is 3.05. The van der Waals surface area contributed by atoms with Gasteiger partial charge in [0.1, 0.15) is 11.5 Å². The van der Waals surface area contributed by atoms with Crippen molar-refractivity contribution in [1.82, 2.24) is 9.13 Å². The van der Waals surface area contributed by atoms with Crippen LogP contribution in [0.15, 0.2) is 34.9 Å². The lowest BCUT2D eigenvalue weighted by Gasteiger charge is -2.16. The van der Waals surface area contributed by atoms with E-state index < -0.39 is 11.2 Å². The minimum atomic E-state index is -0.448. The molecule has 0 saturated heterocycles. The van der Waals surface area contributed by atoms with Gasteiger partial charge in [0.25, 0.3) is 5.56 Å². The third kappa shape index (κ3) is 3.87. The molecule has 0 aliphatic rings. The van der Waals surface area contributed by atoms with Crippen molar-refractivity contribution in [2.75, 3.05) is 17.6 Å². The minimum Gasteiger partial charge on any atom is -0.383 e. The van der Waals surface area contributed by atoms with Gasteiger partial charge in [-0.25, -0.2) is 4.79 Å². The van der Waals surface area contributed by atoms with Crippen LogP contribution in [0, 0.1) is 0 Å². The van der Waals surface area contributed by atoms with Gasteiger partial charge >= 0.3 is 5.69 Å². The molecular formula is C15H24N4O2. The second kappa shape index (κ2) is 8.14. The number of rotatable bonds is 9. The summed E-state index contributed by atoms with van der Waals surface area (Å²) in [6, 6.07) is 0. The molecule has 0 bridgehead atoms. The number of nitrogens with two attached hydrogens (primary N) is 1. The first-order valence-electron chi connectivity index (χ1n) is 7.17. The normalized spacial score (nSPS) is 10.3. The topological polar surface area (TPSA) is 82.0 Å². The fourth-order valence-electron chi connectivity index (χ4n) is 2.07. The highest BCUT2D eigenvalue weighted by Gasteiger charge is 2.15. The molecule has 1 heterocycles. The van der Waals surface area contributed by atoms with Crippen LogP contribution in [-0.2, 0) is 13.1 Å². The molecule has 0 atom stereocenters. The van der Waals surface area contributed by atoms with Crippen molar-refractivity contribution in [3.05, 3.63) is 46.1 Å². The van der Waals surface area contributed by atoms with E-state index >= 15 is 0 Å². The first-order valence-corrected chi connectivity index (χ1v) is 7.17. The van der Waals surface area contributed by atoms with Crippen LogP contribution in [0.5, 0.6) is 0 Å². The third-order valence-corrected chi connectivity index (χ3v) is 3.17. The lowest BCUT2D eigenvalue weighted by molar-refractivity contribution is 0.633. The Morgan fingerprint density at radius 1 is 1.14 bits per heavy atom. The number of hydrogen-bond acceptors (Lipinski definition) is 4. The molecule has 0 saturated carbocycles. The zero-order chi connectivity index (χ0) is 15.8. The summed E-state index contributed by atoms with van der Waals surface area (Å²) in [5.74, 6) is 0.154. The molecule has 6 heteroatoms. The molecule has 6 nitrogen and oxygen atoms in total. The summed E-state index contributed by atoms with van der Waals surface area (Å²) in [4.78, 5) is 24.6.